The summed E-state index contributed by atoms with van der Waals surface area (Å²) in [6.45, 7) is 0.344. The third-order valence-corrected chi connectivity index (χ3v) is 3.62. The van der Waals surface area contributed by atoms with Gasteiger partial charge in [0.1, 0.15) is 0 Å². The molecule has 2 aliphatic rings. The summed E-state index contributed by atoms with van der Waals surface area (Å²) in [5, 5.41) is 9.18. The summed E-state index contributed by atoms with van der Waals surface area (Å²) in [5.41, 5.74) is 0.412. The molecule has 0 radical (unpaired) electrons. The zero-order valence-corrected chi connectivity index (χ0v) is 6.77. The zero-order chi connectivity index (χ0) is 7.95. The Kier molecular flexibility index (Phi) is 1.32. The molecular formula is C10H14O. The van der Waals surface area contributed by atoms with Crippen LogP contribution in [0, 0.1) is 23.2 Å². The van der Waals surface area contributed by atoms with Gasteiger partial charge < -0.3 is 5.11 Å². The van der Waals surface area contributed by atoms with E-state index in [2.05, 4.69) is 5.92 Å². The van der Waals surface area contributed by atoms with Gasteiger partial charge in [-0.2, -0.15) is 0 Å². The van der Waals surface area contributed by atoms with Crippen molar-refractivity contribution < 1.29 is 5.11 Å². The van der Waals surface area contributed by atoms with Gasteiger partial charge in [-0.05, 0) is 37.5 Å². The second-order valence-corrected chi connectivity index (χ2v) is 4.26. The van der Waals surface area contributed by atoms with E-state index in [-0.39, 0.29) is 10.8 Å². The average molecular weight is 150 g/mol. The lowest BCUT2D eigenvalue weighted by atomic mass is 9.83. The molecule has 0 aromatic rings. The molecule has 1 nitrogen and oxygen atoms in total. The Balaban J connectivity index is 2.23. The van der Waals surface area contributed by atoms with Crippen LogP contribution in [0.4, 0.5) is 0 Å². The molecule has 1 N–H and O–H groups in total. The molecule has 2 rings (SSSR count). The number of aliphatic hydroxyl groups is 1. The van der Waals surface area contributed by atoms with Crippen molar-refractivity contribution in [3.63, 3.8) is 0 Å². The molecule has 0 heterocycles. The van der Waals surface area contributed by atoms with Crippen molar-refractivity contribution in [2.75, 3.05) is 6.61 Å². The highest BCUT2D eigenvalue weighted by Gasteiger charge is 2.52. The van der Waals surface area contributed by atoms with Gasteiger partial charge in [0, 0.05) is 12.0 Å². The minimum atomic E-state index is 0.183. The molecule has 2 aliphatic carbocycles. The van der Waals surface area contributed by atoms with Gasteiger partial charge in [-0.25, -0.2) is 0 Å². The maximum atomic E-state index is 9.18. The number of rotatable bonds is 1. The Morgan fingerprint density at radius 1 is 1.27 bits per heavy atom. The van der Waals surface area contributed by atoms with Gasteiger partial charge in [-0.1, -0.05) is 5.92 Å². The van der Waals surface area contributed by atoms with Crippen LogP contribution in [0.5, 0.6) is 0 Å². The topological polar surface area (TPSA) is 20.2 Å². The summed E-state index contributed by atoms with van der Waals surface area (Å²) < 4.78 is 0. The summed E-state index contributed by atoms with van der Waals surface area (Å²) in [7, 11) is 0. The lowest BCUT2D eigenvalue weighted by molar-refractivity contribution is 0.133. The predicted octanol–water partition coefficient (Wildman–Crippen LogP) is 1.56. The second kappa shape index (κ2) is 2.01. The van der Waals surface area contributed by atoms with E-state index in [0.29, 0.717) is 6.61 Å². The first-order chi connectivity index (χ1) is 5.24. The zero-order valence-electron chi connectivity index (χ0n) is 6.77. The molecule has 0 saturated heterocycles. The van der Waals surface area contributed by atoms with Crippen LogP contribution >= 0.6 is 0 Å². The van der Waals surface area contributed by atoms with Crippen molar-refractivity contribution in [3.8, 4) is 12.3 Å². The van der Waals surface area contributed by atoms with E-state index < -0.39 is 0 Å². The summed E-state index contributed by atoms with van der Waals surface area (Å²) >= 11 is 0. The summed E-state index contributed by atoms with van der Waals surface area (Å²) in [5.74, 6) is 2.92. The van der Waals surface area contributed by atoms with Crippen LogP contribution in [0.3, 0.4) is 0 Å². The first kappa shape index (κ1) is 7.18. The molecule has 2 fully saturated rings. The number of terminal acetylenes is 1. The third kappa shape index (κ3) is 0.827. The Bertz CT molecular complexity index is 203. The van der Waals surface area contributed by atoms with Gasteiger partial charge in [0.2, 0.25) is 0 Å². The third-order valence-electron chi connectivity index (χ3n) is 3.62. The monoisotopic (exact) mass is 150 g/mol. The van der Waals surface area contributed by atoms with Crippen molar-refractivity contribution in [2.45, 2.75) is 32.1 Å². The molecule has 0 aromatic heterocycles. The van der Waals surface area contributed by atoms with Crippen molar-refractivity contribution in [1.82, 2.24) is 0 Å². The van der Waals surface area contributed by atoms with Crippen LogP contribution < -0.4 is 0 Å². The Labute approximate surface area is 67.8 Å². The molecule has 0 spiro atoms. The fraction of sp³-hybridized carbons (Fsp3) is 0.800. The van der Waals surface area contributed by atoms with E-state index in [9.17, 15) is 5.11 Å². The maximum absolute atomic E-state index is 9.18. The van der Waals surface area contributed by atoms with Crippen molar-refractivity contribution in [2.24, 2.45) is 10.8 Å². The van der Waals surface area contributed by atoms with Gasteiger partial charge in [-0.15, -0.1) is 6.42 Å². The van der Waals surface area contributed by atoms with Crippen molar-refractivity contribution in [3.05, 3.63) is 0 Å². The minimum Gasteiger partial charge on any atom is -0.396 e. The highest BCUT2D eigenvalue weighted by Crippen LogP contribution is 2.60. The van der Waals surface area contributed by atoms with Gasteiger partial charge >= 0.3 is 0 Å². The number of fused-ring (bicyclic) bond motifs is 2. The smallest absolute Gasteiger partial charge is 0.0487 e. The lowest BCUT2D eigenvalue weighted by Gasteiger charge is -2.23. The average Bonchev–Trinajstić information content (AvgIpc) is 2.61. The molecule has 0 amide bonds. The molecule has 2 saturated carbocycles. The number of aliphatic hydroxyl groups excluding tert-OH is 1. The first-order valence-electron chi connectivity index (χ1n) is 4.33. The normalized spacial score (nSPS) is 47.6. The molecular weight excluding hydrogens is 136 g/mol. The van der Waals surface area contributed by atoms with E-state index >= 15 is 0 Å². The SMILES string of the molecule is C#CC12CCC(CO)(CC1)C2. The highest BCUT2D eigenvalue weighted by molar-refractivity contribution is 5.17. The largest absolute Gasteiger partial charge is 0.396 e. The van der Waals surface area contributed by atoms with E-state index in [1.807, 2.05) is 0 Å². The van der Waals surface area contributed by atoms with Crippen molar-refractivity contribution >= 4 is 0 Å². The number of hydrogen-bond acceptors (Lipinski definition) is 1. The lowest BCUT2D eigenvalue weighted by Crippen LogP contribution is -2.18. The second-order valence-electron chi connectivity index (χ2n) is 4.26. The fourth-order valence-electron chi connectivity index (χ4n) is 2.74. The van der Waals surface area contributed by atoms with Crippen LogP contribution in [0.25, 0.3) is 0 Å². The van der Waals surface area contributed by atoms with Crippen LogP contribution in [-0.2, 0) is 0 Å². The van der Waals surface area contributed by atoms with E-state index in [1.165, 1.54) is 0 Å². The van der Waals surface area contributed by atoms with E-state index in [4.69, 9.17) is 6.42 Å². The minimum absolute atomic E-state index is 0.183. The number of hydrogen-bond donors (Lipinski definition) is 1. The van der Waals surface area contributed by atoms with Crippen LogP contribution in [0.1, 0.15) is 32.1 Å². The molecule has 11 heavy (non-hydrogen) atoms. The van der Waals surface area contributed by atoms with Gasteiger partial charge in [-0.3, -0.25) is 0 Å². The predicted molar refractivity (Wildman–Crippen MR) is 43.9 cm³/mol. The molecule has 2 bridgehead atoms. The Morgan fingerprint density at radius 3 is 2.18 bits per heavy atom. The Hall–Kier alpha value is -0.480. The molecule has 0 atom stereocenters. The fourth-order valence-corrected chi connectivity index (χ4v) is 2.74. The molecule has 0 aromatic carbocycles. The van der Waals surface area contributed by atoms with Crippen LogP contribution in [0.15, 0.2) is 0 Å². The first-order valence-corrected chi connectivity index (χ1v) is 4.33. The van der Waals surface area contributed by atoms with E-state index in [1.54, 1.807) is 0 Å². The van der Waals surface area contributed by atoms with Crippen LogP contribution in [-0.4, -0.2) is 11.7 Å². The summed E-state index contributed by atoms with van der Waals surface area (Å²) in [6.07, 6.45) is 11.1. The molecule has 1 heteroatoms. The quantitative estimate of drug-likeness (QED) is 0.562. The van der Waals surface area contributed by atoms with Gasteiger partial charge in [0.25, 0.3) is 0 Å². The Morgan fingerprint density at radius 2 is 1.91 bits per heavy atom. The van der Waals surface area contributed by atoms with E-state index in [0.717, 1.165) is 32.1 Å². The van der Waals surface area contributed by atoms with Crippen molar-refractivity contribution in [1.29, 1.82) is 0 Å². The molecule has 0 unspecified atom stereocenters. The maximum Gasteiger partial charge on any atom is 0.0487 e. The van der Waals surface area contributed by atoms with Gasteiger partial charge in [0.15, 0.2) is 0 Å². The van der Waals surface area contributed by atoms with Gasteiger partial charge in [0.05, 0.1) is 0 Å². The van der Waals surface area contributed by atoms with Crippen LogP contribution in [0.2, 0.25) is 0 Å². The molecule has 60 valence electrons. The standard InChI is InChI=1S/C10H14O/c1-2-9-3-5-10(7-9,8-11)6-4-9/h1,11H,3-8H2. The summed E-state index contributed by atoms with van der Waals surface area (Å²) in [6, 6.07) is 0. The highest BCUT2D eigenvalue weighted by atomic mass is 16.3. The summed E-state index contributed by atoms with van der Waals surface area (Å²) in [4.78, 5) is 0. The molecule has 0 aliphatic heterocycles.